The minimum atomic E-state index is 0.0494. The lowest BCUT2D eigenvalue weighted by atomic mass is 10.3. The molecule has 0 rings (SSSR count). The van der Waals surface area contributed by atoms with Gasteiger partial charge in [-0.25, -0.2) is 0 Å². The standard InChI is InChI=1S/C13H22N2O2/c1-10(8-12(3)16)14-6-5-7-15-11(2)9-13(4)17/h8-9,14-15H,5-7H2,1-4H3/b10-8+,11-9+. The highest BCUT2D eigenvalue weighted by molar-refractivity contribution is 5.88. The molecule has 0 aliphatic carbocycles. The van der Waals surface area contributed by atoms with Gasteiger partial charge in [-0.2, -0.15) is 0 Å². The van der Waals surface area contributed by atoms with Crippen molar-refractivity contribution in [1.29, 1.82) is 0 Å². The van der Waals surface area contributed by atoms with Gasteiger partial charge < -0.3 is 10.6 Å². The van der Waals surface area contributed by atoms with Crippen molar-refractivity contribution in [1.82, 2.24) is 10.6 Å². The maximum atomic E-state index is 10.8. The molecule has 4 heteroatoms. The second-order valence-corrected chi connectivity index (χ2v) is 4.08. The molecule has 0 aromatic carbocycles. The monoisotopic (exact) mass is 238 g/mol. The van der Waals surface area contributed by atoms with Crippen LogP contribution >= 0.6 is 0 Å². The fourth-order valence-corrected chi connectivity index (χ4v) is 1.37. The predicted octanol–water partition coefficient (Wildman–Crippen LogP) is 1.54. The van der Waals surface area contributed by atoms with E-state index in [0.29, 0.717) is 0 Å². The van der Waals surface area contributed by atoms with E-state index in [-0.39, 0.29) is 11.6 Å². The van der Waals surface area contributed by atoms with Crippen LogP contribution in [0.2, 0.25) is 0 Å². The summed E-state index contributed by atoms with van der Waals surface area (Å²) >= 11 is 0. The van der Waals surface area contributed by atoms with Crippen LogP contribution in [0.3, 0.4) is 0 Å². The highest BCUT2D eigenvalue weighted by atomic mass is 16.1. The van der Waals surface area contributed by atoms with Crippen LogP contribution in [0.1, 0.15) is 34.1 Å². The zero-order valence-corrected chi connectivity index (χ0v) is 11.1. The molecular weight excluding hydrogens is 216 g/mol. The van der Waals surface area contributed by atoms with Crippen LogP contribution in [0.4, 0.5) is 0 Å². The normalized spacial score (nSPS) is 12.2. The van der Waals surface area contributed by atoms with Crippen LogP contribution in [0, 0.1) is 0 Å². The summed E-state index contributed by atoms with van der Waals surface area (Å²) in [6.07, 6.45) is 4.08. The van der Waals surface area contributed by atoms with Gasteiger partial charge in [-0.05, 0) is 46.3 Å². The second kappa shape index (κ2) is 8.56. The molecule has 0 radical (unpaired) electrons. The van der Waals surface area contributed by atoms with Crippen molar-refractivity contribution < 1.29 is 9.59 Å². The van der Waals surface area contributed by atoms with E-state index in [1.165, 1.54) is 13.8 Å². The molecule has 0 fully saturated rings. The van der Waals surface area contributed by atoms with Gasteiger partial charge in [0.2, 0.25) is 0 Å². The van der Waals surface area contributed by atoms with E-state index in [9.17, 15) is 9.59 Å². The Hall–Kier alpha value is -1.58. The van der Waals surface area contributed by atoms with Crippen molar-refractivity contribution >= 4 is 11.6 Å². The van der Waals surface area contributed by atoms with Gasteiger partial charge in [-0.15, -0.1) is 0 Å². The van der Waals surface area contributed by atoms with E-state index in [0.717, 1.165) is 30.9 Å². The largest absolute Gasteiger partial charge is 0.388 e. The average molecular weight is 238 g/mol. The lowest BCUT2D eigenvalue weighted by Gasteiger charge is -2.08. The summed E-state index contributed by atoms with van der Waals surface area (Å²) in [4.78, 5) is 21.5. The van der Waals surface area contributed by atoms with Gasteiger partial charge in [0.25, 0.3) is 0 Å². The maximum absolute atomic E-state index is 10.8. The highest BCUT2D eigenvalue weighted by Gasteiger charge is 1.93. The Kier molecular flexibility index (Phi) is 7.76. The molecule has 4 nitrogen and oxygen atoms in total. The van der Waals surface area contributed by atoms with Crippen molar-refractivity contribution in [3.05, 3.63) is 23.5 Å². The molecular formula is C13H22N2O2. The van der Waals surface area contributed by atoms with Crippen molar-refractivity contribution in [2.75, 3.05) is 13.1 Å². The Labute approximate surface area is 103 Å². The smallest absolute Gasteiger partial charge is 0.154 e. The summed E-state index contributed by atoms with van der Waals surface area (Å²) in [6.45, 7) is 8.41. The molecule has 2 N–H and O–H groups in total. The zero-order valence-electron chi connectivity index (χ0n) is 11.1. The summed E-state index contributed by atoms with van der Waals surface area (Å²) in [7, 11) is 0. The molecule has 96 valence electrons. The van der Waals surface area contributed by atoms with E-state index >= 15 is 0 Å². The van der Waals surface area contributed by atoms with Crippen molar-refractivity contribution in [2.45, 2.75) is 34.1 Å². The quantitative estimate of drug-likeness (QED) is 0.497. The number of hydrogen-bond donors (Lipinski definition) is 2. The first kappa shape index (κ1) is 15.4. The first-order valence-corrected chi connectivity index (χ1v) is 5.77. The lowest BCUT2D eigenvalue weighted by molar-refractivity contribution is -0.113. The number of ketones is 2. The van der Waals surface area contributed by atoms with Crippen LogP contribution in [-0.2, 0) is 9.59 Å². The number of rotatable bonds is 8. The molecule has 0 amide bonds. The summed E-state index contributed by atoms with van der Waals surface area (Å²) in [5.41, 5.74) is 1.77. The van der Waals surface area contributed by atoms with Crippen molar-refractivity contribution in [3.8, 4) is 0 Å². The predicted molar refractivity (Wildman–Crippen MR) is 69.5 cm³/mol. The molecule has 0 aliphatic heterocycles. The third-order valence-corrected chi connectivity index (χ3v) is 2.00. The van der Waals surface area contributed by atoms with Crippen LogP contribution in [0.5, 0.6) is 0 Å². The SMILES string of the molecule is CC(=O)/C=C(\C)NCCCN/C(C)=C/C(C)=O. The molecule has 0 saturated heterocycles. The summed E-state index contributed by atoms with van der Waals surface area (Å²) in [5, 5.41) is 6.28. The molecule has 0 heterocycles. The van der Waals surface area contributed by atoms with E-state index in [1.54, 1.807) is 12.2 Å². The van der Waals surface area contributed by atoms with E-state index in [4.69, 9.17) is 0 Å². The third kappa shape index (κ3) is 10.7. The minimum Gasteiger partial charge on any atom is -0.388 e. The van der Waals surface area contributed by atoms with Gasteiger partial charge in [-0.3, -0.25) is 9.59 Å². The molecule has 0 aromatic heterocycles. The molecule has 17 heavy (non-hydrogen) atoms. The summed E-state index contributed by atoms with van der Waals surface area (Å²) in [5.74, 6) is 0.0988. The van der Waals surface area contributed by atoms with E-state index in [2.05, 4.69) is 10.6 Å². The third-order valence-electron chi connectivity index (χ3n) is 2.00. The van der Waals surface area contributed by atoms with Crippen molar-refractivity contribution in [3.63, 3.8) is 0 Å². The number of allylic oxidation sites excluding steroid dienone is 4. The Morgan fingerprint density at radius 1 is 0.824 bits per heavy atom. The van der Waals surface area contributed by atoms with Crippen LogP contribution in [-0.4, -0.2) is 24.7 Å². The average Bonchev–Trinajstić information content (AvgIpc) is 2.14. The highest BCUT2D eigenvalue weighted by Crippen LogP contribution is 1.90. The fourth-order valence-electron chi connectivity index (χ4n) is 1.37. The number of hydrogen-bond acceptors (Lipinski definition) is 4. The Morgan fingerprint density at radius 2 is 1.18 bits per heavy atom. The molecule has 0 spiro atoms. The molecule has 0 atom stereocenters. The Morgan fingerprint density at radius 3 is 1.47 bits per heavy atom. The van der Waals surface area contributed by atoms with Crippen LogP contribution in [0.25, 0.3) is 0 Å². The number of carbonyl (C=O) groups excluding carboxylic acids is 2. The molecule has 0 aliphatic rings. The number of nitrogens with one attached hydrogen (secondary N) is 2. The minimum absolute atomic E-state index is 0.0494. The van der Waals surface area contributed by atoms with Crippen LogP contribution < -0.4 is 10.6 Å². The van der Waals surface area contributed by atoms with E-state index < -0.39 is 0 Å². The van der Waals surface area contributed by atoms with Gasteiger partial charge in [-0.1, -0.05) is 0 Å². The van der Waals surface area contributed by atoms with E-state index in [1.807, 2.05) is 13.8 Å². The molecule has 0 unspecified atom stereocenters. The first-order valence-electron chi connectivity index (χ1n) is 5.77. The maximum Gasteiger partial charge on any atom is 0.154 e. The summed E-state index contributed by atoms with van der Waals surface area (Å²) < 4.78 is 0. The van der Waals surface area contributed by atoms with Gasteiger partial charge in [0.1, 0.15) is 0 Å². The molecule has 0 bridgehead atoms. The van der Waals surface area contributed by atoms with Crippen LogP contribution in [0.15, 0.2) is 23.5 Å². The lowest BCUT2D eigenvalue weighted by Crippen LogP contribution is -2.20. The Balaban J connectivity index is 3.66. The zero-order chi connectivity index (χ0) is 13.3. The topological polar surface area (TPSA) is 58.2 Å². The van der Waals surface area contributed by atoms with Gasteiger partial charge in [0.15, 0.2) is 11.6 Å². The second-order valence-electron chi connectivity index (χ2n) is 4.08. The van der Waals surface area contributed by atoms with Gasteiger partial charge in [0.05, 0.1) is 0 Å². The Bertz CT molecular complexity index is 298. The fraction of sp³-hybridized carbons (Fsp3) is 0.538. The van der Waals surface area contributed by atoms with Gasteiger partial charge in [0, 0.05) is 24.5 Å². The number of carbonyl (C=O) groups is 2. The molecule has 0 saturated carbocycles. The van der Waals surface area contributed by atoms with Crippen molar-refractivity contribution in [2.24, 2.45) is 0 Å². The first-order chi connectivity index (χ1) is 7.91. The molecule has 0 aromatic rings. The summed E-state index contributed by atoms with van der Waals surface area (Å²) in [6, 6.07) is 0. The van der Waals surface area contributed by atoms with Gasteiger partial charge >= 0.3 is 0 Å².